The summed E-state index contributed by atoms with van der Waals surface area (Å²) in [6, 6.07) is 6.09. The summed E-state index contributed by atoms with van der Waals surface area (Å²) in [5, 5.41) is 8.91. The largest absolute Gasteiger partial charge is 0.459 e. The fourth-order valence-electron chi connectivity index (χ4n) is 1.36. The lowest BCUT2D eigenvalue weighted by molar-refractivity contribution is -0.139. The molecule has 0 fully saturated rings. The van der Waals surface area contributed by atoms with Gasteiger partial charge >= 0.3 is 5.97 Å². The highest BCUT2D eigenvalue weighted by molar-refractivity contribution is 5.97. The highest BCUT2D eigenvalue weighted by Gasteiger charge is 2.10. The third kappa shape index (κ3) is 4.53. The Morgan fingerprint density at radius 2 is 2.21 bits per heavy atom. The first-order valence-corrected chi connectivity index (χ1v) is 5.62. The fraction of sp³-hybridized carbons (Fsp3) is 0.286. The minimum absolute atomic E-state index is 0.0802. The second kappa shape index (κ2) is 7.29. The quantitative estimate of drug-likeness (QED) is 0.354. The Labute approximate surface area is 111 Å². The van der Waals surface area contributed by atoms with Gasteiger partial charge in [0.25, 0.3) is 0 Å². The van der Waals surface area contributed by atoms with Crippen molar-refractivity contribution in [2.45, 2.75) is 6.92 Å². The summed E-state index contributed by atoms with van der Waals surface area (Å²) in [5.74, 6) is -1.06. The summed E-state index contributed by atoms with van der Waals surface area (Å²) >= 11 is 0. The molecule has 0 saturated carbocycles. The molecule has 0 saturated heterocycles. The van der Waals surface area contributed by atoms with Gasteiger partial charge in [0.2, 0.25) is 0 Å². The summed E-state index contributed by atoms with van der Waals surface area (Å²) in [6.45, 7) is 1.95. The summed E-state index contributed by atoms with van der Waals surface area (Å²) in [6.07, 6.45) is 1.36. The van der Waals surface area contributed by atoms with Crippen LogP contribution >= 0.6 is 0 Å². The van der Waals surface area contributed by atoms with Crippen LogP contribution in [0.4, 0.5) is 4.39 Å². The number of hydrogen-bond acceptors (Lipinski definition) is 4. The lowest BCUT2D eigenvalue weighted by Crippen LogP contribution is -2.11. The molecule has 0 aliphatic rings. The Balaban J connectivity index is 2.84. The zero-order valence-electron chi connectivity index (χ0n) is 10.8. The number of carbonyl (C=O) groups excluding carboxylic acids is 1. The average Bonchev–Trinajstić information content (AvgIpc) is 2.40. The van der Waals surface area contributed by atoms with Crippen LogP contribution < -0.4 is 0 Å². The number of nitriles is 1. The summed E-state index contributed by atoms with van der Waals surface area (Å²) in [5.41, 5.74) is 0.875. The average molecular weight is 263 g/mol. The van der Waals surface area contributed by atoms with Gasteiger partial charge in [-0.25, -0.2) is 9.18 Å². The number of esters is 1. The minimum Gasteiger partial charge on any atom is -0.459 e. The van der Waals surface area contributed by atoms with E-state index >= 15 is 0 Å². The molecular weight excluding hydrogens is 249 g/mol. The van der Waals surface area contributed by atoms with Crippen molar-refractivity contribution in [3.05, 3.63) is 40.7 Å². The Bertz CT molecular complexity index is 532. The zero-order valence-corrected chi connectivity index (χ0v) is 10.8. The van der Waals surface area contributed by atoms with Gasteiger partial charge in [-0.2, -0.15) is 5.26 Å². The van der Waals surface area contributed by atoms with E-state index in [4.69, 9.17) is 14.7 Å². The van der Waals surface area contributed by atoms with Crippen LogP contribution in [0, 0.1) is 24.1 Å². The molecule has 1 aromatic rings. The number of carbonyl (C=O) groups is 1. The molecule has 0 unspecified atom stereocenters. The molecule has 0 N–H and O–H groups in total. The highest BCUT2D eigenvalue weighted by atomic mass is 19.1. The molecule has 4 nitrogen and oxygen atoms in total. The van der Waals surface area contributed by atoms with Crippen LogP contribution in [0.3, 0.4) is 0 Å². The first kappa shape index (κ1) is 14.9. The first-order valence-electron chi connectivity index (χ1n) is 5.62. The molecule has 0 bridgehead atoms. The van der Waals surface area contributed by atoms with Crippen molar-refractivity contribution in [2.75, 3.05) is 20.3 Å². The Morgan fingerprint density at radius 1 is 1.47 bits per heavy atom. The normalized spacial score (nSPS) is 10.9. The van der Waals surface area contributed by atoms with Gasteiger partial charge in [0.15, 0.2) is 0 Å². The zero-order chi connectivity index (χ0) is 14.3. The molecule has 0 aromatic heterocycles. The van der Waals surface area contributed by atoms with E-state index in [-0.39, 0.29) is 24.6 Å². The van der Waals surface area contributed by atoms with E-state index in [1.165, 1.54) is 25.3 Å². The van der Waals surface area contributed by atoms with Crippen molar-refractivity contribution >= 4 is 12.0 Å². The molecule has 0 spiro atoms. The third-order valence-electron chi connectivity index (χ3n) is 2.35. The minimum atomic E-state index is -0.721. The maximum Gasteiger partial charge on any atom is 0.348 e. The summed E-state index contributed by atoms with van der Waals surface area (Å²) in [7, 11) is 1.48. The molecule has 5 heteroatoms. The van der Waals surface area contributed by atoms with Crippen LogP contribution in [0.5, 0.6) is 0 Å². The van der Waals surface area contributed by atoms with E-state index in [1.54, 1.807) is 19.1 Å². The molecule has 0 heterocycles. The SMILES string of the molecule is COCCOC(=O)C(C#N)=Cc1ccc(F)c(C)c1. The number of nitrogens with zero attached hydrogens (tertiary/aromatic N) is 1. The summed E-state index contributed by atoms with van der Waals surface area (Å²) in [4.78, 5) is 11.6. The Kier molecular flexibility index (Phi) is 5.71. The summed E-state index contributed by atoms with van der Waals surface area (Å²) < 4.78 is 22.7. The van der Waals surface area contributed by atoms with Crippen molar-refractivity contribution in [1.82, 2.24) is 0 Å². The molecule has 0 aliphatic carbocycles. The van der Waals surface area contributed by atoms with Crippen molar-refractivity contribution < 1.29 is 18.7 Å². The van der Waals surface area contributed by atoms with Gasteiger partial charge in [-0.05, 0) is 36.3 Å². The van der Waals surface area contributed by atoms with Crippen molar-refractivity contribution in [1.29, 1.82) is 5.26 Å². The van der Waals surface area contributed by atoms with E-state index in [0.717, 1.165) is 0 Å². The van der Waals surface area contributed by atoms with Crippen molar-refractivity contribution in [2.24, 2.45) is 0 Å². The van der Waals surface area contributed by atoms with Crippen molar-refractivity contribution in [3.8, 4) is 6.07 Å². The second-order valence-electron chi connectivity index (χ2n) is 3.81. The van der Waals surface area contributed by atoms with E-state index in [1.807, 2.05) is 0 Å². The van der Waals surface area contributed by atoms with E-state index in [9.17, 15) is 9.18 Å². The molecule has 0 atom stereocenters. The number of rotatable bonds is 5. The molecule has 100 valence electrons. The predicted molar refractivity (Wildman–Crippen MR) is 67.6 cm³/mol. The number of benzene rings is 1. The smallest absolute Gasteiger partial charge is 0.348 e. The van der Waals surface area contributed by atoms with Crippen LogP contribution in [-0.2, 0) is 14.3 Å². The molecule has 0 radical (unpaired) electrons. The first-order chi connectivity index (χ1) is 9.08. The van der Waals surface area contributed by atoms with E-state index < -0.39 is 5.97 Å². The lowest BCUT2D eigenvalue weighted by Gasteiger charge is -2.03. The molecule has 19 heavy (non-hydrogen) atoms. The van der Waals surface area contributed by atoms with Gasteiger partial charge in [-0.3, -0.25) is 0 Å². The predicted octanol–water partition coefficient (Wildman–Crippen LogP) is 2.23. The van der Waals surface area contributed by atoms with Crippen LogP contribution in [0.15, 0.2) is 23.8 Å². The van der Waals surface area contributed by atoms with Crippen molar-refractivity contribution in [3.63, 3.8) is 0 Å². The maximum atomic E-state index is 13.1. The van der Waals surface area contributed by atoms with Crippen LogP contribution in [0.2, 0.25) is 0 Å². The van der Waals surface area contributed by atoms with Crippen LogP contribution in [-0.4, -0.2) is 26.3 Å². The topological polar surface area (TPSA) is 59.3 Å². The Hall–Kier alpha value is -2.19. The third-order valence-corrected chi connectivity index (χ3v) is 2.35. The Morgan fingerprint density at radius 3 is 2.79 bits per heavy atom. The van der Waals surface area contributed by atoms with Crippen LogP contribution in [0.25, 0.3) is 6.08 Å². The standard InChI is InChI=1S/C14H14FNO3/c1-10-7-11(3-4-13(10)15)8-12(9-16)14(17)19-6-5-18-2/h3-4,7-8H,5-6H2,1-2H3. The fourth-order valence-corrected chi connectivity index (χ4v) is 1.36. The van der Waals surface area contributed by atoms with E-state index in [0.29, 0.717) is 11.1 Å². The molecule has 0 aliphatic heterocycles. The second-order valence-corrected chi connectivity index (χ2v) is 3.81. The monoisotopic (exact) mass is 263 g/mol. The van der Waals surface area contributed by atoms with Crippen LogP contribution in [0.1, 0.15) is 11.1 Å². The maximum absolute atomic E-state index is 13.1. The molecule has 1 rings (SSSR count). The van der Waals surface area contributed by atoms with Gasteiger partial charge in [-0.1, -0.05) is 6.07 Å². The number of hydrogen-bond donors (Lipinski definition) is 0. The highest BCUT2D eigenvalue weighted by Crippen LogP contribution is 2.13. The molecular formula is C14H14FNO3. The van der Waals surface area contributed by atoms with Gasteiger partial charge in [0.05, 0.1) is 6.61 Å². The van der Waals surface area contributed by atoms with Gasteiger partial charge in [0.1, 0.15) is 24.1 Å². The lowest BCUT2D eigenvalue weighted by atomic mass is 10.1. The van der Waals surface area contributed by atoms with Gasteiger partial charge in [-0.15, -0.1) is 0 Å². The number of aryl methyl sites for hydroxylation is 1. The molecule has 1 aromatic carbocycles. The number of halogens is 1. The number of methoxy groups -OCH3 is 1. The molecule has 0 amide bonds. The van der Waals surface area contributed by atoms with Gasteiger partial charge < -0.3 is 9.47 Å². The van der Waals surface area contributed by atoms with Gasteiger partial charge in [0, 0.05) is 7.11 Å². The van der Waals surface area contributed by atoms with E-state index in [2.05, 4.69) is 0 Å². The number of ether oxygens (including phenoxy) is 2.